The molecule has 1 N–H and O–H groups in total. The summed E-state index contributed by atoms with van der Waals surface area (Å²) in [5.41, 5.74) is 1.77. The molecule has 1 aliphatic rings. The van der Waals surface area contributed by atoms with Gasteiger partial charge < -0.3 is 10.2 Å². The van der Waals surface area contributed by atoms with Gasteiger partial charge in [0.05, 0.1) is 5.69 Å². The van der Waals surface area contributed by atoms with Crippen molar-refractivity contribution in [1.29, 1.82) is 0 Å². The van der Waals surface area contributed by atoms with Gasteiger partial charge in [-0.15, -0.1) is 0 Å². The van der Waals surface area contributed by atoms with E-state index in [0.29, 0.717) is 16.4 Å². The molecule has 1 aromatic carbocycles. The van der Waals surface area contributed by atoms with E-state index in [0.717, 1.165) is 37.4 Å². The van der Waals surface area contributed by atoms with Gasteiger partial charge in [-0.2, -0.15) is 11.8 Å². The van der Waals surface area contributed by atoms with Crippen molar-refractivity contribution in [1.82, 2.24) is 5.32 Å². The molecule has 1 aliphatic heterocycles. The van der Waals surface area contributed by atoms with E-state index in [9.17, 15) is 4.39 Å². The van der Waals surface area contributed by atoms with E-state index in [4.69, 9.17) is 0 Å². The lowest BCUT2D eigenvalue weighted by molar-refractivity contribution is 0.549. The highest BCUT2D eigenvalue weighted by Gasteiger charge is 2.24. The first kappa shape index (κ1) is 16.6. The van der Waals surface area contributed by atoms with E-state index in [1.165, 1.54) is 0 Å². The Kier molecular flexibility index (Phi) is 5.94. The summed E-state index contributed by atoms with van der Waals surface area (Å²) in [7, 11) is 0. The van der Waals surface area contributed by atoms with Crippen molar-refractivity contribution in [3.63, 3.8) is 0 Å². The molecule has 2 atom stereocenters. The maximum Gasteiger partial charge on any atom is 0.146 e. The first-order valence-corrected chi connectivity index (χ1v) is 8.79. The molecular formula is C17H27FN2S. The van der Waals surface area contributed by atoms with Gasteiger partial charge in [-0.25, -0.2) is 4.39 Å². The van der Waals surface area contributed by atoms with Crippen LogP contribution >= 0.6 is 11.8 Å². The zero-order valence-electron chi connectivity index (χ0n) is 13.5. The number of hydrogen-bond donors (Lipinski definition) is 1. The molecule has 2 nitrogen and oxygen atoms in total. The van der Waals surface area contributed by atoms with Crippen molar-refractivity contribution in [2.45, 2.75) is 44.7 Å². The van der Waals surface area contributed by atoms with E-state index in [1.54, 1.807) is 6.07 Å². The SMILES string of the molecule is CC(C)CNCc1ccc(N2CC(C)SC(C)C2)c(F)c1. The van der Waals surface area contributed by atoms with Gasteiger partial charge in [-0.3, -0.25) is 0 Å². The fourth-order valence-electron chi connectivity index (χ4n) is 2.80. The van der Waals surface area contributed by atoms with Crippen molar-refractivity contribution in [3.05, 3.63) is 29.6 Å². The van der Waals surface area contributed by atoms with Crippen LogP contribution < -0.4 is 10.2 Å². The molecule has 1 aromatic rings. The second-order valence-corrected chi connectivity index (χ2v) is 8.35. The Hall–Kier alpha value is -0.740. The summed E-state index contributed by atoms with van der Waals surface area (Å²) in [4.78, 5) is 2.19. The summed E-state index contributed by atoms with van der Waals surface area (Å²) < 4.78 is 14.4. The Morgan fingerprint density at radius 3 is 2.52 bits per heavy atom. The highest BCUT2D eigenvalue weighted by Crippen LogP contribution is 2.30. The molecule has 0 radical (unpaired) electrons. The molecule has 0 aliphatic carbocycles. The molecule has 118 valence electrons. The summed E-state index contributed by atoms with van der Waals surface area (Å²) >= 11 is 1.99. The van der Waals surface area contributed by atoms with Crippen LogP contribution in [0.3, 0.4) is 0 Å². The lowest BCUT2D eigenvalue weighted by Gasteiger charge is -2.36. The largest absolute Gasteiger partial charge is 0.367 e. The second-order valence-electron chi connectivity index (χ2n) is 6.47. The van der Waals surface area contributed by atoms with Crippen LogP contribution in [0.5, 0.6) is 0 Å². The molecule has 2 unspecified atom stereocenters. The van der Waals surface area contributed by atoms with Gasteiger partial charge in [0.2, 0.25) is 0 Å². The third kappa shape index (κ3) is 4.89. The Morgan fingerprint density at radius 1 is 1.29 bits per heavy atom. The third-order valence-corrected chi connectivity index (χ3v) is 4.88. The number of hydrogen-bond acceptors (Lipinski definition) is 3. The standard InChI is InChI=1S/C17H27FN2S/c1-12(2)8-19-9-15-5-6-17(16(18)7-15)20-10-13(3)21-14(4)11-20/h5-7,12-14,19H,8-11H2,1-4H3. The maximum atomic E-state index is 14.4. The molecule has 0 spiro atoms. The molecule has 0 bridgehead atoms. The minimum absolute atomic E-state index is 0.0925. The molecule has 21 heavy (non-hydrogen) atoms. The van der Waals surface area contributed by atoms with Crippen LogP contribution in [-0.4, -0.2) is 30.1 Å². The Morgan fingerprint density at radius 2 is 1.95 bits per heavy atom. The van der Waals surface area contributed by atoms with Crippen LogP contribution in [0.4, 0.5) is 10.1 Å². The Labute approximate surface area is 132 Å². The minimum Gasteiger partial charge on any atom is -0.367 e. The van der Waals surface area contributed by atoms with Crippen LogP contribution in [0.1, 0.15) is 33.3 Å². The molecule has 0 saturated carbocycles. The summed E-state index contributed by atoms with van der Waals surface area (Å²) in [6.07, 6.45) is 0. The van der Waals surface area contributed by atoms with Crippen LogP contribution in [0.25, 0.3) is 0 Å². The normalized spacial score (nSPS) is 22.9. The smallest absolute Gasteiger partial charge is 0.146 e. The highest BCUT2D eigenvalue weighted by molar-refractivity contribution is 8.00. The van der Waals surface area contributed by atoms with E-state index in [2.05, 4.69) is 37.9 Å². The van der Waals surface area contributed by atoms with E-state index >= 15 is 0 Å². The first-order valence-electron chi connectivity index (χ1n) is 7.85. The van der Waals surface area contributed by atoms with Crippen molar-refractivity contribution >= 4 is 17.4 Å². The number of nitrogens with zero attached hydrogens (tertiary/aromatic N) is 1. The average molecular weight is 310 g/mol. The van der Waals surface area contributed by atoms with Gasteiger partial charge in [-0.05, 0) is 30.2 Å². The molecule has 4 heteroatoms. The lowest BCUT2D eigenvalue weighted by atomic mass is 10.1. The number of thioether (sulfide) groups is 1. The fourth-order valence-corrected chi connectivity index (χ4v) is 4.12. The molecule has 1 fully saturated rings. The molecule has 1 saturated heterocycles. The monoisotopic (exact) mass is 310 g/mol. The third-order valence-electron chi connectivity index (χ3n) is 3.65. The zero-order valence-corrected chi connectivity index (χ0v) is 14.3. The summed E-state index contributed by atoms with van der Waals surface area (Å²) in [6, 6.07) is 5.67. The molecule has 2 rings (SSSR count). The van der Waals surface area contributed by atoms with E-state index in [1.807, 2.05) is 23.9 Å². The topological polar surface area (TPSA) is 15.3 Å². The molecular weight excluding hydrogens is 283 g/mol. The zero-order chi connectivity index (χ0) is 15.4. The van der Waals surface area contributed by atoms with Crippen molar-refractivity contribution in [2.75, 3.05) is 24.5 Å². The number of benzene rings is 1. The quantitative estimate of drug-likeness (QED) is 0.888. The molecule has 0 aromatic heterocycles. The van der Waals surface area contributed by atoms with Crippen LogP contribution in [-0.2, 0) is 6.54 Å². The molecule has 1 heterocycles. The van der Waals surface area contributed by atoms with Gasteiger partial charge in [0, 0.05) is 30.1 Å². The Balaban J connectivity index is 2.01. The van der Waals surface area contributed by atoms with Crippen molar-refractivity contribution in [3.8, 4) is 0 Å². The summed E-state index contributed by atoms with van der Waals surface area (Å²) in [6.45, 7) is 12.3. The second kappa shape index (κ2) is 7.50. The predicted molar refractivity (Wildman–Crippen MR) is 91.7 cm³/mol. The summed E-state index contributed by atoms with van der Waals surface area (Å²) in [5.74, 6) is 0.521. The van der Waals surface area contributed by atoms with Crippen molar-refractivity contribution < 1.29 is 4.39 Å². The highest BCUT2D eigenvalue weighted by atomic mass is 32.2. The molecule has 0 amide bonds. The number of halogens is 1. The van der Waals surface area contributed by atoms with Gasteiger partial charge >= 0.3 is 0 Å². The Bertz CT molecular complexity index is 454. The van der Waals surface area contributed by atoms with Crippen LogP contribution in [0.15, 0.2) is 18.2 Å². The van der Waals surface area contributed by atoms with E-state index < -0.39 is 0 Å². The first-order chi connectivity index (χ1) is 9.95. The van der Waals surface area contributed by atoms with E-state index in [-0.39, 0.29) is 5.82 Å². The summed E-state index contributed by atoms with van der Waals surface area (Å²) in [5, 5.41) is 4.47. The predicted octanol–water partition coefficient (Wildman–Crippen LogP) is 3.90. The van der Waals surface area contributed by atoms with Gasteiger partial charge in [0.15, 0.2) is 0 Å². The lowest BCUT2D eigenvalue weighted by Crippen LogP contribution is -2.40. The minimum atomic E-state index is -0.0925. The van der Waals surface area contributed by atoms with Crippen LogP contribution in [0, 0.1) is 11.7 Å². The fraction of sp³-hybridized carbons (Fsp3) is 0.647. The van der Waals surface area contributed by atoms with Gasteiger partial charge in [0.1, 0.15) is 5.82 Å². The number of anilines is 1. The van der Waals surface area contributed by atoms with Crippen LogP contribution in [0.2, 0.25) is 0 Å². The van der Waals surface area contributed by atoms with Crippen molar-refractivity contribution in [2.24, 2.45) is 5.92 Å². The number of nitrogens with one attached hydrogen (secondary N) is 1. The van der Waals surface area contributed by atoms with Gasteiger partial charge in [0.25, 0.3) is 0 Å². The maximum absolute atomic E-state index is 14.4. The average Bonchev–Trinajstić information content (AvgIpc) is 2.37. The number of rotatable bonds is 5. The van der Waals surface area contributed by atoms with Gasteiger partial charge in [-0.1, -0.05) is 33.8 Å².